The maximum Gasteiger partial charge on any atom is 0.233 e. The van der Waals surface area contributed by atoms with Crippen molar-refractivity contribution in [2.24, 2.45) is 0 Å². The van der Waals surface area contributed by atoms with E-state index in [1.165, 1.54) is 0 Å². The number of nitrogens with one attached hydrogen (secondary N) is 1. The van der Waals surface area contributed by atoms with E-state index in [0.29, 0.717) is 24.3 Å². The van der Waals surface area contributed by atoms with Crippen LogP contribution in [0.4, 0.5) is 0 Å². The number of aromatic nitrogens is 4. The molecule has 0 aliphatic carbocycles. The van der Waals surface area contributed by atoms with Crippen LogP contribution in [-0.4, -0.2) is 50.2 Å². The second-order valence-corrected chi connectivity index (χ2v) is 4.73. The zero-order chi connectivity index (χ0) is 14.4. The highest BCUT2D eigenvalue weighted by atomic mass is 16.5. The normalized spacial score (nSPS) is 12.6. The second kappa shape index (κ2) is 6.97. The molecule has 7 heteroatoms. The maximum absolute atomic E-state index is 9.72. The average molecular weight is 277 g/mol. The molecule has 0 fully saturated rings. The van der Waals surface area contributed by atoms with E-state index in [1.54, 1.807) is 35.4 Å². The molecule has 1 unspecified atom stereocenters. The average Bonchev–Trinajstić information content (AvgIpc) is 2.97. The zero-order valence-corrected chi connectivity index (χ0v) is 11.6. The molecule has 2 aromatic rings. The topological polar surface area (TPSA) is 85.1 Å². The highest BCUT2D eigenvalue weighted by Gasteiger charge is 2.07. The summed E-state index contributed by atoms with van der Waals surface area (Å²) in [4.78, 5) is 3.94. The van der Waals surface area contributed by atoms with Crippen LogP contribution in [0.25, 0.3) is 5.82 Å². The van der Waals surface area contributed by atoms with Crippen molar-refractivity contribution < 1.29 is 9.84 Å². The van der Waals surface area contributed by atoms with Crippen LogP contribution in [0.3, 0.4) is 0 Å². The van der Waals surface area contributed by atoms with Gasteiger partial charge in [-0.2, -0.15) is 0 Å². The van der Waals surface area contributed by atoms with E-state index < -0.39 is 6.10 Å². The van der Waals surface area contributed by atoms with Gasteiger partial charge in [0.25, 0.3) is 0 Å². The van der Waals surface area contributed by atoms with Gasteiger partial charge in [0.2, 0.25) is 5.88 Å². The fourth-order valence-corrected chi connectivity index (χ4v) is 1.53. The van der Waals surface area contributed by atoms with Crippen LogP contribution in [0, 0.1) is 0 Å². The number of aliphatic hydroxyl groups is 1. The first-order valence-corrected chi connectivity index (χ1v) is 6.51. The number of hydrogen-bond donors (Lipinski definition) is 2. The van der Waals surface area contributed by atoms with Crippen LogP contribution in [0.15, 0.2) is 30.9 Å². The molecule has 0 aromatic carbocycles. The Hall–Kier alpha value is -1.99. The summed E-state index contributed by atoms with van der Waals surface area (Å²) < 4.78 is 7.13. The highest BCUT2D eigenvalue weighted by Crippen LogP contribution is 2.08. The van der Waals surface area contributed by atoms with E-state index in [-0.39, 0.29) is 6.61 Å². The minimum Gasteiger partial charge on any atom is -0.474 e. The molecule has 0 saturated carbocycles. The summed E-state index contributed by atoms with van der Waals surface area (Å²) in [6.45, 7) is 4.71. The summed E-state index contributed by atoms with van der Waals surface area (Å²) in [5.41, 5.74) is 0. The fourth-order valence-electron chi connectivity index (χ4n) is 1.53. The van der Waals surface area contributed by atoms with E-state index >= 15 is 0 Å². The van der Waals surface area contributed by atoms with Crippen molar-refractivity contribution in [3.05, 3.63) is 30.9 Å². The molecule has 0 radical (unpaired) electrons. The third-order valence-corrected chi connectivity index (χ3v) is 2.58. The Morgan fingerprint density at radius 3 is 2.80 bits per heavy atom. The molecule has 2 N–H and O–H groups in total. The fraction of sp³-hybridized carbons (Fsp3) is 0.462. The molecule has 7 nitrogen and oxygen atoms in total. The summed E-state index contributed by atoms with van der Waals surface area (Å²) in [6, 6.07) is 3.83. The van der Waals surface area contributed by atoms with Crippen LogP contribution in [-0.2, 0) is 0 Å². The Kier molecular flexibility index (Phi) is 5.03. The van der Waals surface area contributed by atoms with Crippen LogP contribution >= 0.6 is 0 Å². The van der Waals surface area contributed by atoms with E-state index in [9.17, 15) is 5.11 Å². The molecule has 0 saturated heterocycles. The molecule has 2 aromatic heterocycles. The molecule has 0 spiro atoms. The molecule has 2 rings (SSSR count). The number of ether oxygens (including phenoxy) is 1. The number of rotatable bonds is 7. The van der Waals surface area contributed by atoms with Crippen molar-refractivity contribution in [3.8, 4) is 11.7 Å². The maximum atomic E-state index is 9.72. The zero-order valence-electron chi connectivity index (χ0n) is 11.6. The standard InChI is InChI=1S/C13H19N5O2/c1-10(2)15-7-11(19)8-20-13-4-3-12(16-17-13)18-6-5-14-9-18/h3-6,9-11,15,19H,7-8H2,1-2H3. The van der Waals surface area contributed by atoms with Gasteiger partial charge in [0.05, 0.1) is 0 Å². The number of imidazole rings is 1. The first-order chi connectivity index (χ1) is 9.65. The minimum absolute atomic E-state index is 0.179. The van der Waals surface area contributed by atoms with Crippen LogP contribution in [0.1, 0.15) is 13.8 Å². The Bertz CT molecular complexity index is 498. The van der Waals surface area contributed by atoms with Crippen molar-refractivity contribution in [3.63, 3.8) is 0 Å². The Labute approximate surface area is 117 Å². The lowest BCUT2D eigenvalue weighted by atomic mass is 10.3. The SMILES string of the molecule is CC(C)NCC(O)COc1ccc(-n2ccnc2)nn1. The quantitative estimate of drug-likeness (QED) is 0.762. The molecular weight excluding hydrogens is 258 g/mol. The Morgan fingerprint density at radius 2 is 2.20 bits per heavy atom. The Balaban J connectivity index is 1.82. The van der Waals surface area contributed by atoms with E-state index in [1.807, 2.05) is 13.8 Å². The van der Waals surface area contributed by atoms with Crippen LogP contribution in [0.2, 0.25) is 0 Å². The van der Waals surface area contributed by atoms with Gasteiger partial charge in [-0.1, -0.05) is 13.8 Å². The molecular formula is C13H19N5O2. The van der Waals surface area contributed by atoms with Gasteiger partial charge in [0.1, 0.15) is 19.0 Å². The largest absolute Gasteiger partial charge is 0.474 e. The van der Waals surface area contributed by atoms with Gasteiger partial charge in [0, 0.05) is 31.0 Å². The minimum atomic E-state index is -0.576. The van der Waals surface area contributed by atoms with Crippen molar-refractivity contribution in [1.82, 2.24) is 25.1 Å². The molecule has 2 heterocycles. The van der Waals surface area contributed by atoms with E-state index in [2.05, 4.69) is 20.5 Å². The number of hydrogen-bond acceptors (Lipinski definition) is 6. The third-order valence-electron chi connectivity index (χ3n) is 2.58. The molecule has 0 aliphatic heterocycles. The molecule has 108 valence electrons. The van der Waals surface area contributed by atoms with Gasteiger partial charge in [-0.25, -0.2) is 4.98 Å². The first-order valence-electron chi connectivity index (χ1n) is 6.51. The van der Waals surface area contributed by atoms with Gasteiger partial charge in [-0.15, -0.1) is 10.2 Å². The summed E-state index contributed by atoms with van der Waals surface area (Å²) in [5.74, 6) is 1.05. The molecule has 20 heavy (non-hydrogen) atoms. The lowest BCUT2D eigenvalue weighted by Crippen LogP contribution is -2.35. The van der Waals surface area contributed by atoms with Gasteiger partial charge in [-0.05, 0) is 6.07 Å². The summed E-state index contributed by atoms with van der Waals surface area (Å²) in [5, 5.41) is 20.8. The summed E-state index contributed by atoms with van der Waals surface area (Å²) >= 11 is 0. The lowest BCUT2D eigenvalue weighted by molar-refractivity contribution is 0.101. The lowest BCUT2D eigenvalue weighted by Gasteiger charge is -2.14. The van der Waals surface area contributed by atoms with Gasteiger partial charge in [0.15, 0.2) is 5.82 Å². The molecule has 0 bridgehead atoms. The van der Waals surface area contributed by atoms with Gasteiger partial charge < -0.3 is 15.2 Å². The monoisotopic (exact) mass is 277 g/mol. The van der Waals surface area contributed by atoms with E-state index in [4.69, 9.17) is 4.74 Å². The second-order valence-electron chi connectivity index (χ2n) is 4.73. The third kappa shape index (κ3) is 4.29. The predicted molar refractivity (Wildman–Crippen MR) is 73.8 cm³/mol. The number of nitrogens with zero attached hydrogens (tertiary/aromatic N) is 4. The predicted octanol–water partition coefficient (Wildman–Crippen LogP) is 0.400. The molecule has 0 amide bonds. The number of aliphatic hydroxyl groups excluding tert-OH is 1. The first kappa shape index (κ1) is 14.4. The van der Waals surface area contributed by atoms with Crippen molar-refractivity contribution in [2.45, 2.75) is 26.0 Å². The van der Waals surface area contributed by atoms with E-state index in [0.717, 1.165) is 0 Å². The smallest absolute Gasteiger partial charge is 0.233 e. The summed E-state index contributed by atoms with van der Waals surface area (Å²) in [6.07, 6.45) is 4.52. The summed E-state index contributed by atoms with van der Waals surface area (Å²) in [7, 11) is 0. The van der Waals surface area contributed by atoms with Gasteiger partial charge >= 0.3 is 0 Å². The van der Waals surface area contributed by atoms with Crippen molar-refractivity contribution >= 4 is 0 Å². The molecule has 0 aliphatic rings. The van der Waals surface area contributed by atoms with Crippen LogP contribution < -0.4 is 10.1 Å². The molecule has 1 atom stereocenters. The highest BCUT2D eigenvalue weighted by molar-refractivity contribution is 5.23. The Morgan fingerprint density at radius 1 is 1.35 bits per heavy atom. The van der Waals surface area contributed by atoms with Crippen molar-refractivity contribution in [2.75, 3.05) is 13.2 Å². The van der Waals surface area contributed by atoms with Gasteiger partial charge in [-0.3, -0.25) is 4.57 Å². The van der Waals surface area contributed by atoms with Crippen LogP contribution in [0.5, 0.6) is 5.88 Å². The van der Waals surface area contributed by atoms with Crippen molar-refractivity contribution in [1.29, 1.82) is 0 Å².